The molecule has 2 unspecified atom stereocenters. The van der Waals surface area contributed by atoms with Crippen LogP contribution in [0.2, 0.25) is 0 Å². The molecule has 1 aliphatic heterocycles. The maximum Gasteiger partial charge on any atom is 0.308 e. The molecule has 1 aromatic heterocycles. The number of aliphatic carboxylic acids is 1. The molecular weight excluding hydrogens is 274 g/mol. The molecule has 108 valence electrons. The highest BCUT2D eigenvalue weighted by atomic mass is 32.1. The summed E-state index contributed by atoms with van der Waals surface area (Å²) in [5.41, 5.74) is 1.18. The fourth-order valence-corrected chi connectivity index (χ4v) is 4.33. The second-order valence-electron chi connectivity index (χ2n) is 5.71. The van der Waals surface area contributed by atoms with Gasteiger partial charge >= 0.3 is 5.97 Å². The number of carbonyl (C=O) groups is 2. The van der Waals surface area contributed by atoms with Gasteiger partial charge in [0.25, 0.3) is 0 Å². The van der Waals surface area contributed by atoms with Crippen molar-refractivity contribution in [1.29, 1.82) is 0 Å². The highest BCUT2D eigenvalue weighted by Crippen LogP contribution is 2.36. The smallest absolute Gasteiger partial charge is 0.308 e. The lowest BCUT2D eigenvalue weighted by Crippen LogP contribution is -2.44. The van der Waals surface area contributed by atoms with E-state index in [1.807, 2.05) is 0 Å². The van der Waals surface area contributed by atoms with Gasteiger partial charge in [-0.25, -0.2) is 0 Å². The molecule has 1 aliphatic carbocycles. The number of carbonyl (C=O) groups excluding carboxylic acids is 1. The number of fused-ring (bicyclic) bond motifs is 1. The molecule has 5 heteroatoms. The molecule has 0 aromatic carbocycles. The third kappa shape index (κ3) is 2.46. The normalized spacial score (nSPS) is 26.1. The van der Waals surface area contributed by atoms with Crippen molar-refractivity contribution in [2.45, 2.75) is 38.0 Å². The number of hydrogen-bond donors (Lipinski definition) is 1. The Balaban J connectivity index is 1.75. The van der Waals surface area contributed by atoms with Crippen LogP contribution in [0.5, 0.6) is 0 Å². The molecule has 0 spiro atoms. The largest absolute Gasteiger partial charge is 0.481 e. The zero-order valence-corrected chi connectivity index (χ0v) is 12.2. The molecule has 1 amide bonds. The van der Waals surface area contributed by atoms with Crippen molar-refractivity contribution in [2.75, 3.05) is 13.1 Å². The van der Waals surface area contributed by atoms with Crippen molar-refractivity contribution < 1.29 is 14.7 Å². The maximum atomic E-state index is 12.7. The van der Waals surface area contributed by atoms with E-state index in [4.69, 9.17) is 5.11 Å². The highest BCUT2D eigenvalue weighted by Gasteiger charge is 2.34. The number of likely N-dealkylation sites (tertiary alicyclic amines) is 1. The molecular formula is C15H19NO3S. The summed E-state index contributed by atoms with van der Waals surface area (Å²) in [6.45, 7) is 1.09. The molecule has 1 saturated heterocycles. The van der Waals surface area contributed by atoms with Gasteiger partial charge in [0, 0.05) is 18.0 Å². The van der Waals surface area contributed by atoms with Gasteiger partial charge in [-0.1, -0.05) is 0 Å². The molecule has 2 aliphatic rings. The quantitative estimate of drug-likeness (QED) is 0.911. The van der Waals surface area contributed by atoms with Gasteiger partial charge in [0.1, 0.15) is 0 Å². The lowest BCUT2D eigenvalue weighted by molar-refractivity contribution is -0.146. The number of amides is 1. The number of piperidine rings is 1. The van der Waals surface area contributed by atoms with Gasteiger partial charge in [-0.3, -0.25) is 9.59 Å². The summed E-state index contributed by atoms with van der Waals surface area (Å²) in [7, 11) is 0. The average Bonchev–Trinajstić information content (AvgIpc) is 2.95. The summed E-state index contributed by atoms with van der Waals surface area (Å²) in [6, 6.07) is 2.07. The van der Waals surface area contributed by atoms with Gasteiger partial charge < -0.3 is 10.0 Å². The standard InChI is InChI=1S/C15H19NO3S/c17-14(16-7-2-3-10(9-16)15(18)19)12-4-1-5-13-11(12)6-8-20-13/h6,8,10,12H,1-5,7,9H2,(H,18,19). The fraction of sp³-hybridized carbons (Fsp3) is 0.600. The molecule has 0 bridgehead atoms. The van der Waals surface area contributed by atoms with Crippen LogP contribution in [0.4, 0.5) is 0 Å². The molecule has 0 saturated carbocycles. The van der Waals surface area contributed by atoms with E-state index in [0.717, 1.165) is 25.7 Å². The van der Waals surface area contributed by atoms with Crippen molar-refractivity contribution in [1.82, 2.24) is 4.90 Å². The van der Waals surface area contributed by atoms with Crippen molar-refractivity contribution >= 4 is 23.2 Å². The number of aryl methyl sites for hydroxylation is 1. The zero-order chi connectivity index (χ0) is 14.1. The second kappa shape index (κ2) is 5.56. The molecule has 1 aromatic rings. The highest BCUT2D eigenvalue weighted by molar-refractivity contribution is 7.10. The van der Waals surface area contributed by atoms with Crippen molar-refractivity contribution in [3.63, 3.8) is 0 Å². The van der Waals surface area contributed by atoms with Crippen LogP contribution in [0.25, 0.3) is 0 Å². The first-order chi connectivity index (χ1) is 9.66. The minimum absolute atomic E-state index is 0.0439. The molecule has 1 N–H and O–H groups in total. The van der Waals surface area contributed by atoms with E-state index < -0.39 is 11.9 Å². The maximum absolute atomic E-state index is 12.7. The molecule has 2 heterocycles. The number of carboxylic acid groups (broad SMARTS) is 1. The van der Waals surface area contributed by atoms with Crippen LogP contribution in [0.1, 0.15) is 42.0 Å². The van der Waals surface area contributed by atoms with E-state index in [1.165, 1.54) is 10.4 Å². The predicted molar refractivity (Wildman–Crippen MR) is 76.9 cm³/mol. The minimum Gasteiger partial charge on any atom is -0.481 e. The number of carboxylic acids is 1. The summed E-state index contributed by atoms with van der Waals surface area (Å²) < 4.78 is 0. The zero-order valence-electron chi connectivity index (χ0n) is 11.4. The Hall–Kier alpha value is -1.36. The summed E-state index contributed by atoms with van der Waals surface area (Å²) >= 11 is 1.73. The van der Waals surface area contributed by atoms with Gasteiger partial charge in [-0.15, -0.1) is 11.3 Å². The summed E-state index contributed by atoms with van der Waals surface area (Å²) in [5.74, 6) is -1.08. The van der Waals surface area contributed by atoms with Crippen molar-refractivity contribution in [2.24, 2.45) is 5.92 Å². The van der Waals surface area contributed by atoms with Gasteiger partial charge in [0.05, 0.1) is 11.8 Å². The summed E-state index contributed by atoms with van der Waals surface area (Å²) in [5, 5.41) is 11.2. The van der Waals surface area contributed by atoms with E-state index in [-0.39, 0.29) is 11.8 Å². The van der Waals surface area contributed by atoms with Gasteiger partial charge in [-0.05, 0) is 49.1 Å². The van der Waals surface area contributed by atoms with Crippen LogP contribution in [-0.4, -0.2) is 35.0 Å². The van der Waals surface area contributed by atoms with Crippen LogP contribution < -0.4 is 0 Å². The first-order valence-corrected chi connectivity index (χ1v) is 8.12. The summed E-state index contributed by atoms with van der Waals surface area (Å²) in [4.78, 5) is 27.0. The van der Waals surface area contributed by atoms with Crippen molar-refractivity contribution in [3.8, 4) is 0 Å². The van der Waals surface area contributed by atoms with Gasteiger partial charge in [0.2, 0.25) is 5.91 Å². The molecule has 20 heavy (non-hydrogen) atoms. The number of nitrogens with zero attached hydrogens (tertiary/aromatic N) is 1. The number of hydrogen-bond acceptors (Lipinski definition) is 3. The number of thiophene rings is 1. The Kier molecular flexibility index (Phi) is 3.78. The fourth-order valence-electron chi connectivity index (χ4n) is 3.34. The van der Waals surface area contributed by atoms with Crippen LogP contribution in [0.3, 0.4) is 0 Å². The Morgan fingerprint density at radius 2 is 2.15 bits per heavy atom. The van der Waals surface area contributed by atoms with E-state index in [1.54, 1.807) is 16.2 Å². The molecule has 4 nitrogen and oxygen atoms in total. The molecule has 3 rings (SSSR count). The van der Waals surface area contributed by atoms with Crippen LogP contribution in [-0.2, 0) is 16.0 Å². The van der Waals surface area contributed by atoms with E-state index >= 15 is 0 Å². The van der Waals surface area contributed by atoms with Crippen LogP contribution >= 0.6 is 11.3 Å². The Bertz CT molecular complexity index is 525. The minimum atomic E-state index is -0.776. The lowest BCUT2D eigenvalue weighted by Gasteiger charge is -2.34. The predicted octanol–water partition coefficient (Wildman–Crippen LogP) is 2.49. The first kappa shape index (κ1) is 13.6. The second-order valence-corrected chi connectivity index (χ2v) is 6.71. The average molecular weight is 293 g/mol. The SMILES string of the molecule is O=C(O)C1CCCN(C(=O)C2CCCc3sccc32)C1. The topological polar surface area (TPSA) is 57.6 Å². The van der Waals surface area contributed by atoms with Gasteiger partial charge in [-0.2, -0.15) is 0 Å². The van der Waals surface area contributed by atoms with E-state index in [0.29, 0.717) is 19.5 Å². The van der Waals surface area contributed by atoms with Gasteiger partial charge in [0.15, 0.2) is 0 Å². The van der Waals surface area contributed by atoms with Crippen LogP contribution in [0, 0.1) is 5.92 Å². The Morgan fingerprint density at radius 3 is 2.95 bits per heavy atom. The molecule has 0 radical (unpaired) electrons. The number of rotatable bonds is 2. The third-order valence-electron chi connectivity index (χ3n) is 4.43. The van der Waals surface area contributed by atoms with E-state index in [2.05, 4.69) is 11.4 Å². The Labute approximate surface area is 122 Å². The third-order valence-corrected chi connectivity index (χ3v) is 5.43. The molecule has 1 fully saturated rings. The summed E-state index contributed by atoms with van der Waals surface area (Å²) in [6.07, 6.45) is 4.52. The monoisotopic (exact) mass is 293 g/mol. The lowest BCUT2D eigenvalue weighted by atomic mass is 9.86. The first-order valence-electron chi connectivity index (χ1n) is 7.24. The van der Waals surface area contributed by atoms with E-state index in [9.17, 15) is 9.59 Å². The van der Waals surface area contributed by atoms with Crippen LogP contribution in [0.15, 0.2) is 11.4 Å². The van der Waals surface area contributed by atoms with Crippen molar-refractivity contribution in [3.05, 3.63) is 21.9 Å². The molecule has 2 atom stereocenters. The Morgan fingerprint density at radius 1 is 1.30 bits per heavy atom.